The average molecular weight is 222 g/mol. The molecule has 5 rings (SSSR count). The molecule has 0 spiro atoms. The Hall–Kier alpha value is -0.0800. The predicted octanol–water partition coefficient (Wildman–Crippen LogP) is 3.17. The molecule has 0 aromatic carbocycles. The van der Waals surface area contributed by atoms with Crippen molar-refractivity contribution in [3.05, 3.63) is 0 Å². The van der Waals surface area contributed by atoms with Gasteiger partial charge in [0.25, 0.3) is 0 Å². The van der Waals surface area contributed by atoms with Crippen molar-refractivity contribution in [2.24, 2.45) is 29.6 Å². The van der Waals surface area contributed by atoms with Gasteiger partial charge in [0.1, 0.15) is 0 Å². The number of hydrogen-bond donors (Lipinski definition) is 0. The monoisotopic (exact) mass is 222 g/mol. The van der Waals surface area contributed by atoms with E-state index >= 15 is 0 Å². The molecule has 0 radical (unpaired) electrons. The molecule has 4 aliphatic carbocycles. The molecule has 1 heterocycles. The van der Waals surface area contributed by atoms with Crippen molar-refractivity contribution in [1.29, 1.82) is 0 Å². The minimum atomic E-state index is 0.434. The molecule has 2 nitrogen and oxygen atoms in total. The highest BCUT2D eigenvalue weighted by Crippen LogP contribution is 2.58. The Morgan fingerprint density at radius 2 is 1.50 bits per heavy atom. The maximum atomic E-state index is 5.60. The van der Waals surface area contributed by atoms with Crippen LogP contribution in [0.25, 0.3) is 0 Å². The second-order valence-corrected chi connectivity index (χ2v) is 6.61. The highest BCUT2D eigenvalue weighted by molar-refractivity contribution is 5.00. The van der Waals surface area contributed by atoms with E-state index in [1.165, 1.54) is 38.5 Å². The van der Waals surface area contributed by atoms with Gasteiger partial charge < -0.3 is 0 Å². The van der Waals surface area contributed by atoms with Gasteiger partial charge in [-0.15, -0.1) is 0 Å². The lowest BCUT2D eigenvalue weighted by molar-refractivity contribution is -0.364. The summed E-state index contributed by atoms with van der Waals surface area (Å²) < 4.78 is 0. The van der Waals surface area contributed by atoms with Crippen LogP contribution in [0.2, 0.25) is 0 Å². The molecule has 1 unspecified atom stereocenters. The lowest BCUT2D eigenvalue weighted by atomic mass is 9.50. The second-order valence-electron chi connectivity index (χ2n) is 6.61. The fraction of sp³-hybridized carbons (Fsp3) is 1.00. The zero-order chi connectivity index (χ0) is 10.5. The maximum absolute atomic E-state index is 5.60. The van der Waals surface area contributed by atoms with Crippen LogP contribution in [0, 0.1) is 29.6 Å². The number of hydrogen-bond acceptors (Lipinski definition) is 2. The van der Waals surface area contributed by atoms with Crippen molar-refractivity contribution < 1.29 is 9.78 Å². The molecule has 4 bridgehead atoms. The summed E-state index contributed by atoms with van der Waals surface area (Å²) in [7, 11) is 0. The van der Waals surface area contributed by atoms with Crippen molar-refractivity contribution in [2.75, 3.05) is 6.61 Å². The van der Waals surface area contributed by atoms with Crippen LogP contribution >= 0.6 is 0 Å². The van der Waals surface area contributed by atoms with E-state index in [4.69, 9.17) is 9.78 Å². The molecule has 5 aliphatic rings. The molecule has 90 valence electrons. The largest absolute Gasteiger partial charge is 0.236 e. The summed E-state index contributed by atoms with van der Waals surface area (Å²) in [6.45, 7) is 0.809. The van der Waals surface area contributed by atoms with Crippen molar-refractivity contribution in [3.63, 3.8) is 0 Å². The summed E-state index contributed by atoms with van der Waals surface area (Å²) in [5.41, 5.74) is 0. The van der Waals surface area contributed by atoms with E-state index in [-0.39, 0.29) is 0 Å². The first kappa shape index (κ1) is 9.90. The fourth-order valence-corrected chi connectivity index (χ4v) is 5.36. The first-order valence-corrected chi connectivity index (χ1v) is 7.18. The third-order valence-corrected chi connectivity index (χ3v) is 5.64. The Bertz CT molecular complexity index is 239. The average Bonchev–Trinajstić information content (AvgIpc) is 2.29. The summed E-state index contributed by atoms with van der Waals surface area (Å²) in [6, 6.07) is 0. The molecule has 5 fully saturated rings. The lowest BCUT2D eigenvalue weighted by Gasteiger charge is -2.56. The normalized spacial score (nSPS) is 55.5. The van der Waals surface area contributed by atoms with Crippen LogP contribution < -0.4 is 0 Å². The zero-order valence-corrected chi connectivity index (χ0v) is 9.94. The van der Waals surface area contributed by atoms with Gasteiger partial charge in [-0.2, -0.15) is 0 Å². The molecule has 1 aliphatic heterocycles. The van der Waals surface area contributed by atoms with Crippen LogP contribution in [0.3, 0.4) is 0 Å². The summed E-state index contributed by atoms with van der Waals surface area (Å²) in [5.74, 6) is 4.94. The van der Waals surface area contributed by atoms with Crippen molar-refractivity contribution in [3.8, 4) is 0 Å². The van der Waals surface area contributed by atoms with E-state index in [1.54, 1.807) is 6.42 Å². The van der Waals surface area contributed by atoms with Crippen LogP contribution in [-0.2, 0) is 9.78 Å². The van der Waals surface area contributed by atoms with E-state index in [9.17, 15) is 0 Å². The van der Waals surface area contributed by atoms with Crippen LogP contribution in [-0.4, -0.2) is 12.7 Å². The zero-order valence-electron chi connectivity index (χ0n) is 9.94. The summed E-state index contributed by atoms with van der Waals surface area (Å²) in [6.07, 6.45) is 10.4. The smallest absolute Gasteiger partial charge is 0.0964 e. The topological polar surface area (TPSA) is 18.5 Å². The lowest BCUT2D eigenvalue weighted by Crippen LogP contribution is -2.50. The third-order valence-electron chi connectivity index (χ3n) is 5.64. The highest BCUT2D eigenvalue weighted by atomic mass is 17.2. The van der Waals surface area contributed by atoms with Crippen LogP contribution in [0.1, 0.15) is 44.9 Å². The molecule has 2 heteroatoms. The first-order valence-electron chi connectivity index (χ1n) is 7.18. The Labute approximate surface area is 97.6 Å². The van der Waals surface area contributed by atoms with Crippen LogP contribution in [0.5, 0.6) is 0 Å². The van der Waals surface area contributed by atoms with Crippen molar-refractivity contribution in [1.82, 2.24) is 0 Å². The molecule has 0 aromatic heterocycles. The Balaban J connectivity index is 1.55. The summed E-state index contributed by atoms with van der Waals surface area (Å²) in [5, 5.41) is 0. The molecule has 0 amide bonds. The van der Waals surface area contributed by atoms with Gasteiger partial charge in [0.05, 0.1) is 12.7 Å². The van der Waals surface area contributed by atoms with Crippen LogP contribution in [0.4, 0.5) is 0 Å². The second kappa shape index (κ2) is 3.71. The quantitative estimate of drug-likeness (QED) is 0.634. The van der Waals surface area contributed by atoms with Gasteiger partial charge in [0, 0.05) is 0 Å². The molecule has 1 saturated heterocycles. The molecular formula is C14H22O2. The molecule has 1 atom stereocenters. The highest BCUT2D eigenvalue weighted by Gasteiger charge is 2.51. The van der Waals surface area contributed by atoms with Gasteiger partial charge in [0.2, 0.25) is 0 Å². The van der Waals surface area contributed by atoms with Crippen LogP contribution in [0.15, 0.2) is 0 Å². The van der Waals surface area contributed by atoms with Gasteiger partial charge in [-0.25, -0.2) is 9.78 Å². The molecule has 0 N–H and O–H groups in total. The van der Waals surface area contributed by atoms with E-state index in [2.05, 4.69) is 0 Å². The Morgan fingerprint density at radius 3 is 2.06 bits per heavy atom. The standard InChI is InChI=1S/C14H22O2/c1-2-13(16-15-3-1)14-11-5-9-4-10(7-11)8-12(14)6-9/h9-14H,1-8H2. The van der Waals surface area contributed by atoms with E-state index < -0.39 is 0 Å². The maximum Gasteiger partial charge on any atom is 0.0964 e. The van der Waals surface area contributed by atoms with E-state index in [0.29, 0.717) is 6.10 Å². The van der Waals surface area contributed by atoms with Gasteiger partial charge in [-0.1, -0.05) is 0 Å². The fourth-order valence-electron chi connectivity index (χ4n) is 5.36. The Morgan fingerprint density at radius 1 is 0.812 bits per heavy atom. The van der Waals surface area contributed by atoms with Gasteiger partial charge >= 0.3 is 0 Å². The van der Waals surface area contributed by atoms with Gasteiger partial charge in [-0.05, 0) is 74.5 Å². The SMILES string of the molecule is C1COOC(C2C3CC4CC(C3)CC2C4)C1. The molecule has 4 saturated carbocycles. The summed E-state index contributed by atoms with van der Waals surface area (Å²) >= 11 is 0. The Kier molecular flexibility index (Phi) is 2.29. The van der Waals surface area contributed by atoms with E-state index in [0.717, 1.165) is 36.2 Å². The van der Waals surface area contributed by atoms with Gasteiger partial charge in [-0.3, -0.25) is 0 Å². The minimum absolute atomic E-state index is 0.434. The van der Waals surface area contributed by atoms with E-state index in [1.807, 2.05) is 0 Å². The first-order chi connectivity index (χ1) is 7.90. The number of rotatable bonds is 1. The third kappa shape index (κ3) is 1.46. The molecule has 16 heavy (non-hydrogen) atoms. The van der Waals surface area contributed by atoms with Gasteiger partial charge in [0.15, 0.2) is 0 Å². The summed E-state index contributed by atoms with van der Waals surface area (Å²) in [4.78, 5) is 10.8. The predicted molar refractivity (Wildman–Crippen MR) is 60.6 cm³/mol. The van der Waals surface area contributed by atoms with Crippen molar-refractivity contribution >= 4 is 0 Å². The molecular weight excluding hydrogens is 200 g/mol. The minimum Gasteiger partial charge on any atom is -0.236 e. The molecule has 0 aromatic rings. The van der Waals surface area contributed by atoms with Crippen molar-refractivity contribution in [2.45, 2.75) is 51.0 Å².